The maximum absolute atomic E-state index is 11.6. The Morgan fingerprint density at radius 1 is 1.43 bits per heavy atom. The maximum Gasteiger partial charge on any atom is 0.320 e. The fourth-order valence-corrected chi connectivity index (χ4v) is 4.23. The number of likely N-dealkylation sites (tertiary alicyclic amines) is 1. The van der Waals surface area contributed by atoms with Crippen LogP contribution in [0.4, 0.5) is 0 Å². The minimum Gasteiger partial charge on any atom is -0.480 e. The zero-order valence-electron chi connectivity index (χ0n) is 12.3. The lowest BCUT2D eigenvalue weighted by Gasteiger charge is -2.36. The third-order valence-electron chi connectivity index (χ3n) is 4.62. The molecule has 2 heterocycles. The number of carboxylic acid groups (broad SMARTS) is 1. The molecule has 0 radical (unpaired) electrons. The lowest BCUT2D eigenvalue weighted by molar-refractivity contribution is -0.145. The predicted octanol–water partition coefficient (Wildman–Crippen LogP) is 3.98. The van der Waals surface area contributed by atoms with Gasteiger partial charge in [0.25, 0.3) is 0 Å². The van der Waals surface area contributed by atoms with Crippen molar-refractivity contribution in [2.75, 3.05) is 6.54 Å². The van der Waals surface area contributed by atoms with Gasteiger partial charge in [0, 0.05) is 11.2 Å². The van der Waals surface area contributed by atoms with Gasteiger partial charge in [-0.2, -0.15) is 0 Å². The van der Waals surface area contributed by atoms with Gasteiger partial charge in [0.2, 0.25) is 0 Å². The summed E-state index contributed by atoms with van der Waals surface area (Å²) in [7, 11) is 0. The first kappa shape index (κ1) is 14.5. The second kappa shape index (κ2) is 6.16. The summed E-state index contributed by atoms with van der Waals surface area (Å²) in [5.41, 5.74) is 1.26. The average molecular weight is 303 g/mol. The summed E-state index contributed by atoms with van der Waals surface area (Å²) in [4.78, 5) is 13.7. The van der Waals surface area contributed by atoms with Gasteiger partial charge in [-0.3, -0.25) is 9.69 Å². The van der Waals surface area contributed by atoms with Crippen LogP contribution in [0.2, 0.25) is 0 Å². The van der Waals surface area contributed by atoms with Crippen molar-refractivity contribution in [3.63, 3.8) is 0 Å². The number of aliphatic carboxylic acids is 1. The second-order valence-electron chi connectivity index (χ2n) is 5.88. The van der Waals surface area contributed by atoms with E-state index < -0.39 is 5.97 Å². The third-order valence-corrected chi connectivity index (χ3v) is 5.63. The molecule has 4 heteroatoms. The van der Waals surface area contributed by atoms with Crippen LogP contribution in [0.15, 0.2) is 29.6 Å². The lowest BCUT2D eigenvalue weighted by Crippen LogP contribution is -2.46. The largest absolute Gasteiger partial charge is 0.480 e. The molecule has 0 aliphatic carbocycles. The number of hydrogen-bond donors (Lipinski definition) is 1. The monoisotopic (exact) mass is 303 g/mol. The van der Waals surface area contributed by atoms with E-state index in [2.05, 4.69) is 41.5 Å². The molecule has 1 aromatic carbocycles. The van der Waals surface area contributed by atoms with Crippen molar-refractivity contribution in [2.24, 2.45) is 5.92 Å². The molecular weight excluding hydrogens is 282 g/mol. The van der Waals surface area contributed by atoms with Gasteiger partial charge in [-0.05, 0) is 47.7 Å². The first-order valence-electron chi connectivity index (χ1n) is 7.61. The molecule has 3 rings (SSSR count). The highest BCUT2D eigenvalue weighted by Gasteiger charge is 2.32. The zero-order chi connectivity index (χ0) is 14.8. The van der Waals surface area contributed by atoms with E-state index in [-0.39, 0.29) is 6.04 Å². The molecule has 2 unspecified atom stereocenters. The fourth-order valence-electron chi connectivity index (χ4n) is 3.28. The molecule has 3 nitrogen and oxygen atoms in total. The lowest BCUT2D eigenvalue weighted by atomic mass is 9.88. The molecule has 1 fully saturated rings. The molecular formula is C17H21NO2S. The molecule has 1 saturated heterocycles. The van der Waals surface area contributed by atoms with Crippen LogP contribution in [0.25, 0.3) is 10.1 Å². The number of hydrogen-bond acceptors (Lipinski definition) is 3. The molecule has 0 amide bonds. The van der Waals surface area contributed by atoms with E-state index >= 15 is 0 Å². The van der Waals surface area contributed by atoms with Crippen LogP contribution in [0.5, 0.6) is 0 Å². The molecule has 1 aromatic heterocycles. The van der Waals surface area contributed by atoms with E-state index in [0.717, 1.165) is 32.4 Å². The predicted molar refractivity (Wildman–Crippen MR) is 86.7 cm³/mol. The summed E-state index contributed by atoms with van der Waals surface area (Å²) in [6, 6.07) is 8.03. The summed E-state index contributed by atoms with van der Waals surface area (Å²) in [6.45, 7) is 3.79. The Hall–Kier alpha value is -1.39. The van der Waals surface area contributed by atoms with Gasteiger partial charge in [-0.1, -0.05) is 31.5 Å². The van der Waals surface area contributed by atoms with Crippen LogP contribution in [0, 0.1) is 5.92 Å². The minimum atomic E-state index is -0.673. The summed E-state index contributed by atoms with van der Waals surface area (Å²) >= 11 is 1.74. The van der Waals surface area contributed by atoms with Gasteiger partial charge in [0.05, 0.1) is 0 Å². The quantitative estimate of drug-likeness (QED) is 0.929. The first-order chi connectivity index (χ1) is 10.2. The van der Waals surface area contributed by atoms with Crippen LogP contribution in [0.1, 0.15) is 31.7 Å². The number of carbonyl (C=O) groups is 1. The first-order valence-corrected chi connectivity index (χ1v) is 8.49. The maximum atomic E-state index is 11.6. The fraction of sp³-hybridized carbons (Fsp3) is 0.471. The Kier molecular flexibility index (Phi) is 4.27. The Morgan fingerprint density at radius 3 is 3.00 bits per heavy atom. The number of carboxylic acids is 1. The van der Waals surface area contributed by atoms with E-state index in [0.29, 0.717) is 5.92 Å². The Bertz CT molecular complexity index is 637. The van der Waals surface area contributed by atoms with Gasteiger partial charge in [0.1, 0.15) is 6.04 Å². The molecule has 0 spiro atoms. The van der Waals surface area contributed by atoms with Crippen molar-refractivity contribution in [1.82, 2.24) is 4.90 Å². The van der Waals surface area contributed by atoms with Crippen molar-refractivity contribution in [1.29, 1.82) is 0 Å². The molecule has 1 aliphatic heterocycles. The molecule has 1 aliphatic rings. The normalized spacial score (nSPS) is 23.5. The minimum absolute atomic E-state index is 0.331. The van der Waals surface area contributed by atoms with Gasteiger partial charge in [0.15, 0.2) is 0 Å². The number of fused-ring (bicyclic) bond motifs is 1. The number of rotatable bonds is 4. The van der Waals surface area contributed by atoms with Crippen LogP contribution in [-0.4, -0.2) is 28.6 Å². The smallest absolute Gasteiger partial charge is 0.320 e. The Morgan fingerprint density at radius 2 is 2.24 bits per heavy atom. The van der Waals surface area contributed by atoms with Crippen LogP contribution in [0.3, 0.4) is 0 Å². The van der Waals surface area contributed by atoms with Crippen LogP contribution >= 0.6 is 11.3 Å². The van der Waals surface area contributed by atoms with E-state index in [1.807, 2.05) is 0 Å². The van der Waals surface area contributed by atoms with Crippen molar-refractivity contribution in [2.45, 2.75) is 38.8 Å². The van der Waals surface area contributed by atoms with Crippen molar-refractivity contribution in [3.8, 4) is 0 Å². The van der Waals surface area contributed by atoms with Crippen molar-refractivity contribution >= 4 is 27.4 Å². The molecule has 2 aromatic rings. The highest BCUT2D eigenvalue weighted by molar-refractivity contribution is 7.17. The van der Waals surface area contributed by atoms with E-state index in [4.69, 9.17) is 0 Å². The Labute approximate surface area is 129 Å². The van der Waals surface area contributed by atoms with E-state index in [1.54, 1.807) is 11.3 Å². The van der Waals surface area contributed by atoms with Crippen molar-refractivity contribution < 1.29 is 9.90 Å². The molecule has 112 valence electrons. The number of nitrogens with zero attached hydrogens (tertiary/aromatic N) is 1. The SMILES string of the molecule is CCC1CCN(Cc2csc3ccccc23)C(C(=O)O)C1. The third kappa shape index (κ3) is 2.97. The zero-order valence-corrected chi connectivity index (χ0v) is 13.1. The standard InChI is InChI=1S/C17H21NO2S/c1-2-12-7-8-18(15(9-12)17(19)20)10-13-11-21-16-6-4-3-5-14(13)16/h3-6,11-12,15H,2,7-10H2,1H3,(H,19,20). The number of piperidine rings is 1. The highest BCUT2D eigenvalue weighted by atomic mass is 32.1. The number of benzene rings is 1. The summed E-state index contributed by atoms with van der Waals surface area (Å²) in [5.74, 6) is -0.116. The van der Waals surface area contributed by atoms with E-state index in [9.17, 15) is 9.90 Å². The topological polar surface area (TPSA) is 40.5 Å². The summed E-state index contributed by atoms with van der Waals surface area (Å²) in [5, 5.41) is 13.0. The summed E-state index contributed by atoms with van der Waals surface area (Å²) < 4.78 is 1.28. The van der Waals surface area contributed by atoms with Crippen LogP contribution < -0.4 is 0 Å². The molecule has 0 bridgehead atoms. The van der Waals surface area contributed by atoms with Gasteiger partial charge < -0.3 is 5.11 Å². The van der Waals surface area contributed by atoms with Gasteiger partial charge in [-0.25, -0.2) is 0 Å². The van der Waals surface area contributed by atoms with Crippen molar-refractivity contribution in [3.05, 3.63) is 35.2 Å². The number of thiophene rings is 1. The van der Waals surface area contributed by atoms with E-state index in [1.165, 1.54) is 15.6 Å². The van der Waals surface area contributed by atoms with Crippen LogP contribution in [-0.2, 0) is 11.3 Å². The molecule has 2 atom stereocenters. The average Bonchev–Trinajstić information content (AvgIpc) is 2.91. The van der Waals surface area contributed by atoms with Gasteiger partial charge in [-0.15, -0.1) is 11.3 Å². The highest BCUT2D eigenvalue weighted by Crippen LogP contribution is 2.31. The second-order valence-corrected chi connectivity index (χ2v) is 6.79. The van der Waals surface area contributed by atoms with Gasteiger partial charge >= 0.3 is 5.97 Å². The Balaban J connectivity index is 1.81. The summed E-state index contributed by atoms with van der Waals surface area (Å²) in [6.07, 6.45) is 2.98. The molecule has 0 saturated carbocycles. The molecule has 21 heavy (non-hydrogen) atoms. The molecule has 1 N–H and O–H groups in total.